The Kier molecular flexibility index (Phi) is 3.66. The Labute approximate surface area is 106 Å². The van der Waals surface area contributed by atoms with Crippen LogP contribution in [0, 0.1) is 11.7 Å². The van der Waals surface area contributed by atoms with Gasteiger partial charge in [-0.1, -0.05) is 0 Å². The first kappa shape index (κ1) is 13.0. The lowest BCUT2D eigenvalue weighted by Gasteiger charge is -2.24. The van der Waals surface area contributed by atoms with Gasteiger partial charge in [-0.15, -0.1) is 0 Å². The minimum atomic E-state index is -1.09. The molecular formula is C14H18FNO2. The van der Waals surface area contributed by atoms with Crippen LogP contribution in [0.3, 0.4) is 0 Å². The molecule has 1 aromatic rings. The summed E-state index contributed by atoms with van der Waals surface area (Å²) in [6, 6.07) is 4.46. The molecule has 3 nitrogen and oxygen atoms in total. The molecule has 1 unspecified atom stereocenters. The van der Waals surface area contributed by atoms with E-state index in [0.717, 1.165) is 12.0 Å². The first-order chi connectivity index (χ1) is 8.47. The van der Waals surface area contributed by atoms with E-state index >= 15 is 0 Å². The van der Waals surface area contributed by atoms with Crippen LogP contribution in [-0.4, -0.2) is 29.1 Å². The van der Waals surface area contributed by atoms with Crippen molar-refractivity contribution in [3.8, 4) is 0 Å². The zero-order chi connectivity index (χ0) is 13.3. The fourth-order valence-electron chi connectivity index (χ4n) is 2.24. The molecule has 1 aliphatic carbocycles. The lowest BCUT2D eigenvalue weighted by Crippen LogP contribution is -2.30. The molecule has 0 spiro atoms. The predicted octanol–water partition coefficient (Wildman–Crippen LogP) is 2.75. The molecule has 18 heavy (non-hydrogen) atoms. The van der Waals surface area contributed by atoms with E-state index in [2.05, 4.69) is 11.8 Å². The Morgan fingerprint density at radius 2 is 2.17 bits per heavy atom. The lowest BCUT2D eigenvalue weighted by molar-refractivity contribution is 0.0696. The zero-order valence-electron chi connectivity index (χ0n) is 10.7. The van der Waals surface area contributed by atoms with Crippen molar-refractivity contribution in [3.05, 3.63) is 35.1 Å². The summed E-state index contributed by atoms with van der Waals surface area (Å²) in [6.45, 7) is 2.74. The second-order valence-corrected chi connectivity index (χ2v) is 5.15. The van der Waals surface area contributed by atoms with Crippen LogP contribution in [0.2, 0.25) is 0 Å². The van der Waals surface area contributed by atoms with Crippen molar-refractivity contribution < 1.29 is 14.3 Å². The average Bonchev–Trinajstić information content (AvgIpc) is 3.10. The molecule has 0 bridgehead atoms. The maximum absolute atomic E-state index is 13.3. The van der Waals surface area contributed by atoms with Crippen LogP contribution in [0.5, 0.6) is 0 Å². The molecule has 0 heterocycles. The van der Waals surface area contributed by atoms with Gasteiger partial charge in [0.1, 0.15) is 5.82 Å². The van der Waals surface area contributed by atoms with Crippen LogP contribution in [0.1, 0.15) is 35.7 Å². The molecule has 0 aliphatic heterocycles. The largest absolute Gasteiger partial charge is 0.478 e. The van der Waals surface area contributed by atoms with Gasteiger partial charge in [0.2, 0.25) is 0 Å². The summed E-state index contributed by atoms with van der Waals surface area (Å²) < 4.78 is 13.3. The maximum atomic E-state index is 13.3. The van der Waals surface area contributed by atoms with Crippen LogP contribution in [0.15, 0.2) is 18.2 Å². The van der Waals surface area contributed by atoms with Gasteiger partial charge in [0.05, 0.1) is 5.56 Å². The lowest BCUT2D eigenvalue weighted by atomic mass is 10.1. The molecule has 1 aliphatic rings. The highest BCUT2D eigenvalue weighted by Gasteiger charge is 2.30. The molecule has 1 aromatic carbocycles. The number of carboxylic acid groups (broad SMARTS) is 1. The van der Waals surface area contributed by atoms with Crippen LogP contribution in [0.25, 0.3) is 0 Å². The standard InChI is InChI=1S/C14H18FNO2/c1-9(11-3-4-11)16(2)8-10-5-12(14(17)18)7-13(15)6-10/h5-7,9,11H,3-4,8H2,1-2H3,(H,17,18). The van der Waals surface area contributed by atoms with Gasteiger partial charge in [0.15, 0.2) is 0 Å². The van der Waals surface area contributed by atoms with Gasteiger partial charge in [0.25, 0.3) is 0 Å². The summed E-state index contributed by atoms with van der Waals surface area (Å²) in [7, 11) is 1.99. The Morgan fingerprint density at radius 3 is 2.72 bits per heavy atom. The molecule has 0 radical (unpaired) electrons. The smallest absolute Gasteiger partial charge is 0.335 e. The number of benzene rings is 1. The van der Waals surface area contributed by atoms with E-state index < -0.39 is 11.8 Å². The van der Waals surface area contributed by atoms with E-state index in [1.165, 1.54) is 18.9 Å². The van der Waals surface area contributed by atoms with Crippen molar-refractivity contribution in [2.24, 2.45) is 5.92 Å². The second-order valence-electron chi connectivity index (χ2n) is 5.15. The normalized spacial score (nSPS) is 16.9. The Morgan fingerprint density at radius 1 is 1.50 bits per heavy atom. The Balaban J connectivity index is 2.10. The molecule has 0 aromatic heterocycles. The van der Waals surface area contributed by atoms with Gasteiger partial charge in [-0.3, -0.25) is 4.90 Å². The van der Waals surface area contributed by atoms with Crippen molar-refractivity contribution in [1.29, 1.82) is 0 Å². The summed E-state index contributed by atoms with van der Waals surface area (Å²) >= 11 is 0. The number of nitrogens with zero attached hydrogens (tertiary/aromatic N) is 1. The fraction of sp³-hybridized carbons (Fsp3) is 0.500. The third kappa shape index (κ3) is 3.07. The molecule has 0 saturated heterocycles. The van der Waals surface area contributed by atoms with Crippen LogP contribution < -0.4 is 0 Å². The van der Waals surface area contributed by atoms with Crippen molar-refractivity contribution in [3.63, 3.8) is 0 Å². The van der Waals surface area contributed by atoms with Crippen LogP contribution in [-0.2, 0) is 6.54 Å². The van der Waals surface area contributed by atoms with E-state index in [1.807, 2.05) is 7.05 Å². The first-order valence-electron chi connectivity index (χ1n) is 6.20. The van der Waals surface area contributed by atoms with Crippen molar-refractivity contribution in [1.82, 2.24) is 4.90 Å². The van der Waals surface area contributed by atoms with E-state index in [9.17, 15) is 9.18 Å². The summed E-state index contributed by atoms with van der Waals surface area (Å²) in [6.07, 6.45) is 2.52. The summed E-state index contributed by atoms with van der Waals surface area (Å²) in [5.74, 6) is -0.839. The maximum Gasteiger partial charge on any atom is 0.335 e. The minimum Gasteiger partial charge on any atom is -0.478 e. The molecule has 1 N–H and O–H groups in total. The fourth-order valence-corrected chi connectivity index (χ4v) is 2.24. The molecule has 98 valence electrons. The third-order valence-electron chi connectivity index (χ3n) is 3.64. The monoisotopic (exact) mass is 251 g/mol. The molecule has 4 heteroatoms. The van der Waals surface area contributed by atoms with Crippen molar-refractivity contribution in [2.75, 3.05) is 7.05 Å². The Hall–Kier alpha value is -1.42. The molecular weight excluding hydrogens is 233 g/mol. The van der Waals surface area contributed by atoms with E-state index in [0.29, 0.717) is 18.2 Å². The highest BCUT2D eigenvalue weighted by Crippen LogP contribution is 2.35. The van der Waals surface area contributed by atoms with Gasteiger partial charge in [-0.05, 0) is 56.5 Å². The quantitative estimate of drug-likeness (QED) is 0.874. The van der Waals surface area contributed by atoms with Crippen LogP contribution >= 0.6 is 0 Å². The molecule has 1 atom stereocenters. The second kappa shape index (κ2) is 5.06. The number of aromatic carboxylic acids is 1. The zero-order valence-corrected chi connectivity index (χ0v) is 10.7. The third-order valence-corrected chi connectivity index (χ3v) is 3.64. The molecule has 1 saturated carbocycles. The summed E-state index contributed by atoms with van der Waals surface area (Å²) in [4.78, 5) is 13.0. The molecule has 0 amide bonds. The number of hydrogen-bond acceptors (Lipinski definition) is 2. The summed E-state index contributed by atoms with van der Waals surface area (Å²) in [5, 5.41) is 8.89. The van der Waals surface area contributed by atoms with Crippen molar-refractivity contribution >= 4 is 5.97 Å². The van der Waals surface area contributed by atoms with Crippen LogP contribution in [0.4, 0.5) is 4.39 Å². The van der Waals surface area contributed by atoms with Gasteiger partial charge in [-0.2, -0.15) is 0 Å². The number of carboxylic acids is 1. The van der Waals surface area contributed by atoms with E-state index in [-0.39, 0.29) is 5.56 Å². The Bertz CT molecular complexity index is 457. The SMILES string of the molecule is CC(C1CC1)N(C)Cc1cc(F)cc(C(=O)O)c1. The van der Waals surface area contributed by atoms with Crippen molar-refractivity contribution in [2.45, 2.75) is 32.4 Å². The number of hydrogen-bond donors (Lipinski definition) is 1. The van der Waals surface area contributed by atoms with Gasteiger partial charge in [0, 0.05) is 12.6 Å². The number of rotatable bonds is 5. The van der Waals surface area contributed by atoms with Gasteiger partial charge in [-0.25, -0.2) is 9.18 Å². The number of halogens is 1. The first-order valence-corrected chi connectivity index (χ1v) is 6.20. The van der Waals surface area contributed by atoms with Gasteiger partial charge < -0.3 is 5.11 Å². The average molecular weight is 251 g/mol. The highest BCUT2D eigenvalue weighted by molar-refractivity contribution is 5.87. The minimum absolute atomic E-state index is 0.0116. The molecule has 2 rings (SSSR count). The number of carbonyl (C=O) groups is 1. The predicted molar refractivity (Wildman–Crippen MR) is 67.0 cm³/mol. The molecule has 1 fully saturated rings. The summed E-state index contributed by atoms with van der Waals surface area (Å²) in [5.41, 5.74) is 0.722. The highest BCUT2D eigenvalue weighted by atomic mass is 19.1. The van der Waals surface area contributed by atoms with E-state index in [4.69, 9.17) is 5.11 Å². The topological polar surface area (TPSA) is 40.5 Å². The van der Waals surface area contributed by atoms with Gasteiger partial charge >= 0.3 is 5.97 Å². The van der Waals surface area contributed by atoms with E-state index in [1.54, 1.807) is 6.07 Å².